The smallest absolute Gasteiger partial charge is 0.208 e. The van der Waals surface area contributed by atoms with E-state index in [0.717, 1.165) is 34.1 Å². The van der Waals surface area contributed by atoms with Gasteiger partial charge in [0.25, 0.3) is 0 Å². The van der Waals surface area contributed by atoms with E-state index in [1.165, 1.54) is 0 Å². The van der Waals surface area contributed by atoms with Crippen molar-refractivity contribution in [3.05, 3.63) is 103 Å². The van der Waals surface area contributed by atoms with Gasteiger partial charge in [-0.3, -0.25) is 4.79 Å². The number of anilines is 2. The number of nitrogens with zero attached hydrogens (tertiary/aromatic N) is 2. The number of hydrogen-bond donors (Lipinski definition) is 1. The zero-order chi connectivity index (χ0) is 24.2. The van der Waals surface area contributed by atoms with Crippen molar-refractivity contribution in [3.63, 3.8) is 0 Å². The lowest BCUT2D eigenvalue weighted by Gasteiger charge is -2.38. The highest BCUT2D eigenvalue weighted by Crippen LogP contribution is 2.41. The number of aliphatic imine (C=N–C) groups is 1. The molecule has 2 aliphatic rings. The van der Waals surface area contributed by atoms with Crippen molar-refractivity contribution >= 4 is 28.8 Å². The van der Waals surface area contributed by atoms with Gasteiger partial charge in [0.05, 0.1) is 31.9 Å². The number of hydrogen-bond acceptors (Lipinski definition) is 6. The van der Waals surface area contributed by atoms with Crippen LogP contribution in [0, 0.1) is 5.92 Å². The molecule has 6 nitrogen and oxygen atoms in total. The number of ether oxygens (including phenoxy) is 2. The summed E-state index contributed by atoms with van der Waals surface area (Å²) in [6.45, 7) is 0. The fourth-order valence-corrected chi connectivity index (χ4v) is 4.44. The highest BCUT2D eigenvalue weighted by molar-refractivity contribution is 6.09. The van der Waals surface area contributed by atoms with E-state index in [-0.39, 0.29) is 17.7 Å². The van der Waals surface area contributed by atoms with E-state index < -0.39 is 0 Å². The van der Waals surface area contributed by atoms with Crippen LogP contribution < -0.4 is 19.7 Å². The monoisotopic (exact) mass is 465 g/mol. The topological polar surface area (TPSA) is 63.2 Å². The fraction of sp³-hybridized carbons (Fsp3) is 0.172. The quantitative estimate of drug-likeness (QED) is 0.459. The number of para-hydroxylation sites is 1. The van der Waals surface area contributed by atoms with Gasteiger partial charge in [-0.1, -0.05) is 42.5 Å². The van der Waals surface area contributed by atoms with Crippen LogP contribution in [0.15, 0.2) is 102 Å². The number of Topliss-reactive ketones (excluding diaryl/α,β-unsaturated/α-hetero) is 1. The van der Waals surface area contributed by atoms with Gasteiger partial charge in [-0.15, -0.1) is 0 Å². The van der Waals surface area contributed by atoms with Crippen molar-refractivity contribution in [2.45, 2.75) is 12.5 Å². The normalized spacial score (nSPS) is 16.6. The summed E-state index contributed by atoms with van der Waals surface area (Å²) in [4.78, 5) is 20.4. The Kier molecular flexibility index (Phi) is 6.35. The maximum absolute atomic E-state index is 13.3. The predicted octanol–water partition coefficient (Wildman–Crippen LogP) is 6.07. The molecule has 1 atom stereocenters. The molecule has 0 amide bonds. The molecule has 3 aromatic carbocycles. The van der Waals surface area contributed by atoms with Gasteiger partial charge in [0, 0.05) is 23.4 Å². The fourth-order valence-electron chi connectivity index (χ4n) is 4.44. The van der Waals surface area contributed by atoms with E-state index in [2.05, 4.69) is 16.3 Å². The molecular weight excluding hydrogens is 438 g/mol. The molecule has 1 aliphatic carbocycles. The third-order valence-corrected chi connectivity index (χ3v) is 6.27. The highest BCUT2D eigenvalue weighted by Gasteiger charge is 2.34. The van der Waals surface area contributed by atoms with Gasteiger partial charge in [-0.2, -0.15) is 0 Å². The molecule has 0 saturated heterocycles. The van der Waals surface area contributed by atoms with Crippen LogP contribution in [0.5, 0.6) is 11.5 Å². The number of allylic oxidation sites excluding steroid dienone is 4. The van der Waals surface area contributed by atoms with Crippen molar-refractivity contribution in [2.24, 2.45) is 10.9 Å². The van der Waals surface area contributed by atoms with Crippen molar-refractivity contribution in [1.29, 1.82) is 0 Å². The Hall–Kier alpha value is -4.32. The van der Waals surface area contributed by atoms with Gasteiger partial charge in [0.15, 0.2) is 0 Å². The molecule has 3 aromatic rings. The number of rotatable bonds is 7. The average molecular weight is 466 g/mol. The van der Waals surface area contributed by atoms with E-state index in [0.29, 0.717) is 12.4 Å². The number of ketones is 1. The molecule has 0 saturated carbocycles. The third kappa shape index (κ3) is 4.68. The van der Waals surface area contributed by atoms with E-state index in [9.17, 15) is 4.79 Å². The number of carbonyl (C=O) groups is 1. The summed E-state index contributed by atoms with van der Waals surface area (Å²) in [5, 5.41) is 3.47. The van der Waals surface area contributed by atoms with Crippen LogP contribution in [0.3, 0.4) is 0 Å². The number of fused-ring (bicyclic) bond motifs is 1. The summed E-state index contributed by atoms with van der Waals surface area (Å²) in [7, 11) is 3.29. The zero-order valence-corrected chi connectivity index (χ0v) is 19.7. The van der Waals surface area contributed by atoms with Gasteiger partial charge >= 0.3 is 0 Å². The molecule has 1 N–H and O–H groups in total. The Balaban J connectivity index is 1.57. The third-order valence-electron chi connectivity index (χ3n) is 6.27. The molecule has 176 valence electrons. The Bertz CT molecular complexity index is 1280. The maximum atomic E-state index is 13.3. The summed E-state index contributed by atoms with van der Waals surface area (Å²) < 4.78 is 10.7. The first-order valence-electron chi connectivity index (χ1n) is 11.6. The van der Waals surface area contributed by atoms with Crippen molar-refractivity contribution < 1.29 is 14.3 Å². The second kappa shape index (κ2) is 9.89. The largest absolute Gasteiger partial charge is 0.497 e. The van der Waals surface area contributed by atoms with Gasteiger partial charge < -0.3 is 19.7 Å². The van der Waals surface area contributed by atoms with Gasteiger partial charge in [-0.25, -0.2) is 4.99 Å². The Morgan fingerprint density at radius 1 is 0.886 bits per heavy atom. The van der Waals surface area contributed by atoms with Crippen molar-refractivity contribution in [2.75, 3.05) is 24.4 Å². The summed E-state index contributed by atoms with van der Waals surface area (Å²) in [5.74, 6) is 2.16. The molecule has 0 fully saturated rings. The van der Waals surface area contributed by atoms with Crippen LogP contribution in [0.25, 0.3) is 0 Å². The number of guanidine groups is 1. The Labute approximate surface area is 205 Å². The molecule has 0 spiro atoms. The van der Waals surface area contributed by atoms with Crippen LogP contribution in [-0.2, 0) is 4.79 Å². The molecule has 0 aromatic heterocycles. The predicted molar refractivity (Wildman–Crippen MR) is 140 cm³/mol. The van der Waals surface area contributed by atoms with E-state index in [1.54, 1.807) is 14.2 Å². The van der Waals surface area contributed by atoms with Crippen LogP contribution in [-0.4, -0.2) is 26.0 Å². The molecule has 5 rings (SSSR count). The Morgan fingerprint density at radius 2 is 1.51 bits per heavy atom. The number of methoxy groups -OCH3 is 2. The second-order valence-corrected chi connectivity index (χ2v) is 8.40. The van der Waals surface area contributed by atoms with Crippen LogP contribution in [0.1, 0.15) is 18.0 Å². The highest BCUT2D eigenvalue weighted by atomic mass is 16.5. The summed E-state index contributed by atoms with van der Waals surface area (Å²) >= 11 is 0. The molecule has 0 bridgehead atoms. The van der Waals surface area contributed by atoms with Crippen molar-refractivity contribution in [1.82, 2.24) is 0 Å². The maximum Gasteiger partial charge on any atom is 0.208 e. The Morgan fingerprint density at radius 3 is 2.17 bits per heavy atom. The van der Waals surface area contributed by atoms with Crippen LogP contribution in [0.2, 0.25) is 0 Å². The molecule has 6 heteroatoms. The first kappa shape index (κ1) is 22.5. The van der Waals surface area contributed by atoms with Gasteiger partial charge in [0.2, 0.25) is 5.96 Å². The number of carbonyl (C=O) groups excluding carboxylic acids is 1. The zero-order valence-electron chi connectivity index (χ0n) is 19.7. The molecule has 1 aliphatic heterocycles. The van der Waals surface area contributed by atoms with Crippen molar-refractivity contribution in [3.8, 4) is 11.5 Å². The average Bonchev–Trinajstić information content (AvgIpc) is 3.45. The first-order chi connectivity index (χ1) is 17.2. The lowest BCUT2D eigenvalue weighted by Crippen LogP contribution is -2.42. The van der Waals surface area contributed by atoms with E-state index in [4.69, 9.17) is 14.5 Å². The summed E-state index contributed by atoms with van der Waals surface area (Å²) in [6.07, 6.45) is 8.08. The molecular formula is C29H27N3O3. The molecule has 35 heavy (non-hydrogen) atoms. The lowest BCUT2D eigenvalue weighted by molar-refractivity contribution is -0.120. The molecule has 0 radical (unpaired) electrons. The first-order valence-corrected chi connectivity index (χ1v) is 11.6. The minimum Gasteiger partial charge on any atom is -0.497 e. The molecule has 1 heterocycles. The second-order valence-electron chi connectivity index (χ2n) is 8.40. The van der Waals surface area contributed by atoms with E-state index in [1.807, 2.05) is 91.0 Å². The standard InChI is InChI=1S/C29H27N3O3/c1-34-23-15-11-21(12-16-23)30-29-31-26-10-6-5-9-25(26)27(19-28(33)20-7-3-4-8-20)32(29)22-13-17-24(35-2)18-14-22/h3-18,20,27H,19H2,1-2H3,(H,30,31)/t27-/m0/s1. The van der Waals surface area contributed by atoms with Crippen LogP contribution in [0.4, 0.5) is 17.1 Å². The SMILES string of the molecule is COc1ccc(NC2=Nc3ccccc3[C@H](CC(=O)C3C=CC=C3)N2c2ccc(OC)cc2)cc1. The summed E-state index contributed by atoms with van der Waals surface area (Å²) in [5.41, 5.74) is 3.65. The lowest BCUT2D eigenvalue weighted by atomic mass is 9.92. The van der Waals surface area contributed by atoms with Gasteiger partial charge in [0.1, 0.15) is 17.3 Å². The number of nitrogens with one attached hydrogen (secondary N) is 1. The van der Waals surface area contributed by atoms with E-state index >= 15 is 0 Å². The van der Waals surface area contributed by atoms with Crippen LogP contribution >= 0.6 is 0 Å². The minimum absolute atomic E-state index is 0.166. The molecule has 0 unspecified atom stereocenters. The minimum atomic E-state index is -0.229. The number of benzene rings is 3. The van der Waals surface area contributed by atoms with Gasteiger partial charge in [-0.05, 0) is 54.6 Å². The summed E-state index contributed by atoms with van der Waals surface area (Å²) in [6, 6.07) is 23.3.